The van der Waals surface area contributed by atoms with E-state index in [1.807, 2.05) is 24.3 Å². The molecule has 0 bridgehead atoms. The van der Waals surface area contributed by atoms with Crippen LogP contribution >= 0.6 is 0 Å². The van der Waals surface area contributed by atoms with Gasteiger partial charge in [-0.2, -0.15) is 5.26 Å². The maximum atomic E-state index is 12.3. The zero-order valence-electron chi connectivity index (χ0n) is 10.6. The van der Waals surface area contributed by atoms with Gasteiger partial charge >= 0.3 is 0 Å². The van der Waals surface area contributed by atoms with Crippen LogP contribution in [0.1, 0.15) is 19.8 Å². The maximum Gasteiger partial charge on any atom is 0.271 e. The highest BCUT2D eigenvalue weighted by Crippen LogP contribution is 2.35. The second-order valence-corrected chi connectivity index (χ2v) is 4.64. The quantitative estimate of drug-likeness (QED) is 0.777. The Hall–Kier alpha value is -2.48. The van der Waals surface area contributed by atoms with Crippen molar-refractivity contribution in [2.24, 2.45) is 0 Å². The molecule has 3 aliphatic heterocycles. The van der Waals surface area contributed by atoms with E-state index in [0.29, 0.717) is 5.70 Å². The molecule has 1 atom stereocenters. The van der Waals surface area contributed by atoms with Gasteiger partial charge in [-0.05, 0) is 12.5 Å². The van der Waals surface area contributed by atoms with Crippen molar-refractivity contribution in [2.75, 3.05) is 0 Å². The lowest BCUT2D eigenvalue weighted by atomic mass is 9.90. The van der Waals surface area contributed by atoms with E-state index >= 15 is 0 Å². The summed E-state index contributed by atoms with van der Waals surface area (Å²) in [6.07, 6.45) is 9.34. The van der Waals surface area contributed by atoms with Crippen molar-refractivity contribution in [3.63, 3.8) is 0 Å². The number of fused-ring (bicyclic) bond motifs is 3. The molecule has 0 spiro atoms. The summed E-state index contributed by atoms with van der Waals surface area (Å²) in [6.45, 7) is 2.10. The minimum absolute atomic E-state index is 0.117. The second-order valence-electron chi connectivity index (χ2n) is 4.64. The van der Waals surface area contributed by atoms with Crippen LogP contribution in [0.4, 0.5) is 0 Å². The summed E-state index contributed by atoms with van der Waals surface area (Å²) in [6, 6.07) is 1.90. The normalized spacial score (nSPS) is 23.9. The first-order valence-corrected chi connectivity index (χ1v) is 6.35. The van der Waals surface area contributed by atoms with E-state index in [1.54, 1.807) is 11.1 Å². The number of hydrazine groups is 1. The number of allylic oxidation sites excluding steroid dienone is 3. The Labute approximate surface area is 111 Å². The fourth-order valence-electron chi connectivity index (χ4n) is 2.66. The molecule has 3 heterocycles. The number of nitrogens with zero attached hydrogens (tertiary/aromatic N) is 2. The van der Waals surface area contributed by atoms with Crippen LogP contribution < -0.4 is 10.9 Å². The average Bonchev–Trinajstić information content (AvgIpc) is 2.84. The number of amides is 1. The predicted octanol–water partition coefficient (Wildman–Crippen LogP) is 1.22. The van der Waals surface area contributed by atoms with Crippen molar-refractivity contribution < 1.29 is 4.79 Å². The summed E-state index contributed by atoms with van der Waals surface area (Å²) in [5.41, 5.74) is 8.97. The SMILES string of the molecule is CCCC1=C2C(=C(C#N)C(=O)N3C=CC=CC23)NN1. The van der Waals surface area contributed by atoms with Crippen LogP contribution in [-0.4, -0.2) is 16.8 Å². The van der Waals surface area contributed by atoms with Gasteiger partial charge in [0.05, 0.1) is 11.7 Å². The standard InChI is InChI=1S/C14H14N4O/c1-2-5-10-12-11-6-3-4-7-18(11)14(19)9(8-15)13(12)17-16-10/h3-4,6-7,11,16-17H,2,5H2,1H3. The second kappa shape index (κ2) is 4.32. The first-order valence-electron chi connectivity index (χ1n) is 6.35. The van der Waals surface area contributed by atoms with Crippen LogP contribution in [-0.2, 0) is 4.79 Å². The molecule has 5 nitrogen and oxygen atoms in total. The fraction of sp³-hybridized carbons (Fsp3) is 0.286. The van der Waals surface area contributed by atoms with Gasteiger partial charge in [-0.25, -0.2) is 0 Å². The highest BCUT2D eigenvalue weighted by molar-refractivity contribution is 6.02. The third kappa shape index (κ3) is 1.57. The first-order chi connectivity index (χ1) is 9.27. The zero-order chi connectivity index (χ0) is 13.4. The molecule has 0 saturated heterocycles. The third-order valence-corrected chi connectivity index (χ3v) is 3.49. The highest BCUT2D eigenvalue weighted by Gasteiger charge is 2.40. The van der Waals surface area contributed by atoms with Crippen molar-refractivity contribution in [1.29, 1.82) is 5.26 Å². The van der Waals surface area contributed by atoms with Crippen molar-refractivity contribution >= 4 is 5.91 Å². The molecule has 1 unspecified atom stereocenters. The molecule has 2 N–H and O–H groups in total. The fourth-order valence-corrected chi connectivity index (χ4v) is 2.66. The molecule has 1 amide bonds. The van der Waals surface area contributed by atoms with Crippen LogP contribution in [0.5, 0.6) is 0 Å². The van der Waals surface area contributed by atoms with Crippen LogP contribution in [0, 0.1) is 11.3 Å². The molecule has 0 aromatic heterocycles. The molecular weight excluding hydrogens is 240 g/mol. The minimum atomic E-state index is -0.251. The Bertz CT molecular complexity index is 603. The van der Waals surface area contributed by atoms with Crippen LogP contribution in [0.25, 0.3) is 0 Å². The van der Waals surface area contributed by atoms with E-state index in [1.165, 1.54) is 0 Å². The molecule has 0 radical (unpaired) electrons. The molecule has 0 aromatic rings. The van der Waals surface area contributed by atoms with Gasteiger partial charge in [-0.15, -0.1) is 0 Å². The monoisotopic (exact) mass is 254 g/mol. The Morgan fingerprint density at radius 3 is 3.00 bits per heavy atom. The Morgan fingerprint density at radius 1 is 1.42 bits per heavy atom. The van der Waals surface area contributed by atoms with Crippen molar-refractivity contribution in [1.82, 2.24) is 15.8 Å². The van der Waals surface area contributed by atoms with Crippen LogP contribution in [0.2, 0.25) is 0 Å². The van der Waals surface area contributed by atoms with E-state index in [0.717, 1.165) is 24.1 Å². The lowest BCUT2D eigenvalue weighted by Crippen LogP contribution is -2.43. The van der Waals surface area contributed by atoms with Gasteiger partial charge in [-0.3, -0.25) is 10.2 Å². The van der Waals surface area contributed by atoms with Gasteiger partial charge in [0, 0.05) is 17.5 Å². The van der Waals surface area contributed by atoms with E-state index < -0.39 is 0 Å². The smallest absolute Gasteiger partial charge is 0.271 e. The number of rotatable bonds is 2. The van der Waals surface area contributed by atoms with Gasteiger partial charge in [0.2, 0.25) is 0 Å². The van der Waals surface area contributed by atoms with Crippen molar-refractivity contribution in [2.45, 2.75) is 25.8 Å². The van der Waals surface area contributed by atoms with Gasteiger partial charge < -0.3 is 10.3 Å². The molecule has 3 rings (SSSR count). The maximum absolute atomic E-state index is 12.3. The number of hydrogen-bond donors (Lipinski definition) is 2. The largest absolute Gasteiger partial charge is 0.305 e. The summed E-state index contributed by atoms with van der Waals surface area (Å²) in [5, 5.41) is 9.23. The Morgan fingerprint density at radius 2 is 2.26 bits per heavy atom. The lowest BCUT2D eigenvalue weighted by Gasteiger charge is -2.33. The molecule has 0 aromatic carbocycles. The van der Waals surface area contributed by atoms with Gasteiger partial charge in [0.25, 0.3) is 5.91 Å². The third-order valence-electron chi connectivity index (χ3n) is 3.49. The molecule has 0 fully saturated rings. The molecule has 5 heteroatoms. The number of nitriles is 1. The molecular formula is C14H14N4O. The van der Waals surface area contributed by atoms with E-state index in [2.05, 4.69) is 17.8 Å². The molecule has 3 aliphatic rings. The number of carbonyl (C=O) groups is 1. The summed E-state index contributed by atoms with van der Waals surface area (Å²) < 4.78 is 0. The van der Waals surface area contributed by atoms with Gasteiger partial charge in [0.1, 0.15) is 11.6 Å². The summed E-state index contributed by atoms with van der Waals surface area (Å²) in [7, 11) is 0. The van der Waals surface area contributed by atoms with Crippen molar-refractivity contribution in [3.8, 4) is 6.07 Å². The number of carbonyl (C=O) groups excluding carboxylic acids is 1. The van der Waals surface area contributed by atoms with Gasteiger partial charge in [0.15, 0.2) is 0 Å². The lowest BCUT2D eigenvalue weighted by molar-refractivity contribution is -0.125. The van der Waals surface area contributed by atoms with Gasteiger partial charge in [-0.1, -0.05) is 25.5 Å². The highest BCUT2D eigenvalue weighted by atomic mass is 16.2. The number of nitrogens with one attached hydrogen (secondary N) is 2. The predicted molar refractivity (Wildman–Crippen MR) is 69.8 cm³/mol. The summed E-state index contributed by atoms with van der Waals surface area (Å²) in [4.78, 5) is 13.9. The van der Waals surface area contributed by atoms with E-state index in [4.69, 9.17) is 0 Å². The van der Waals surface area contributed by atoms with E-state index in [9.17, 15) is 10.1 Å². The minimum Gasteiger partial charge on any atom is -0.305 e. The molecule has 19 heavy (non-hydrogen) atoms. The molecule has 96 valence electrons. The number of hydrogen-bond acceptors (Lipinski definition) is 4. The molecule has 0 saturated carbocycles. The zero-order valence-corrected chi connectivity index (χ0v) is 10.6. The van der Waals surface area contributed by atoms with Crippen molar-refractivity contribution in [3.05, 3.63) is 47.0 Å². The topological polar surface area (TPSA) is 68.2 Å². The molecule has 0 aliphatic carbocycles. The Kier molecular flexibility index (Phi) is 2.64. The summed E-state index contributed by atoms with van der Waals surface area (Å²) >= 11 is 0. The average molecular weight is 254 g/mol. The van der Waals surface area contributed by atoms with E-state index in [-0.39, 0.29) is 17.5 Å². The summed E-state index contributed by atoms with van der Waals surface area (Å²) in [5.74, 6) is -0.251. The Balaban J connectivity index is 2.19. The first kappa shape index (κ1) is 11.6. The van der Waals surface area contributed by atoms with Crippen LogP contribution in [0.15, 0.2) is 47.0 Å². The van der Waals surface area contributed by atoms with Crippen LogP contribution in [0.3, 0.4) is 0 Å².